The third kappa shape index (κ3) is 5.44. The van der Waals surface area contributed by atoms with Gasteiger partial charge in [-0.25, -0.2) is 15.0 Å². The van der Waals surface area contributed by atoms with Gasteiger partial charge >= 0.3 is 12.4 Å². The third-order valence-corrected chi connectivity index (χ3v) is 5.08. The lowest BCUT2D eigenvalue weighted by Crippen LogP contribution is -2.32. The number of alkyl halides is 6. The van der Waals surface area contributed by atoms with Crippen LogP contribution in [-0.2, 0) is 12.4 Å². The maximum absolute atomic E-state index is 13.2. The summed E-state index contributed by atoms with van der Waals surface area (Å²) in [6.07, 6.45) is -7.48. The molecule has 0 aliphatic heterocycles. The van der Waals surface area contributed by atoms with Crippen molar-refractivity contribution in [1.29, 1.82) is 0 Å². The van der Waals surface area contributed by atoms with Gasteiger partial charge in [0.2, 0.25) is 5.82 Å². The molecule has 0 spiro atoms. The zero-order valence-corrected chi connectivity index (χ0v) is 19.3. The summed E-state index contributed by atoms with van der Waals surface area (Å²) in [6, 6.07) is 1.04. The Bertz CT molecular complexity index is 1240. The van der Waals surface area contributed by atoms with Gasteiger partial charge in [-0.3, -0.25) is 9.59 Å². The highest BCUT2D eigenvalue weighted by Gasteiger charge is 2.38. The van der Waals surface area contributed by atoms with Crippen molar-refractivity contribution >= 4 is 11.8 Å². The van der Waals surface area contributed by atoms with Gasteiger partial charge in [-0.15, -0.1) is 5.10 Å². The van der Waals surface area contributed by atoms with Crippen molar-refractivity contribution in [1.82, 2.24) is 34.5 Å². The molecular weight excluding hydrogens is 496 g/mol. The molecule has 0 radical (unpaired) electrons. The van der Waals surface area contributed by atoms with Gasteiger partial charge in [-0.05, 0) is 31.2 Å². The first-order valence-electron chi connectivity index (χ1n) is 10.1. The van der Waals surface area contributed by atoms with E-state index in [4.69, 9.17) is 0 Å². The Balaban J connectivity index is 2.07. The Labute approximate surface area is 200 Å². The van der Waals surface area contributed by atoms with Crippen LogP contribution in [0.1, 0.15) is 50.9 Å². The molecule has 3 rings (SSSR count). The summed E-state index contributed by atoms with van der Waals surface area (Å²) >= 11 is 0. The summed E-state index contributed by atoms with van der Waals surface area (Å²) in [4.78, 5) is 39.7. The first kappa shape index (κ1) is 26.6. The van der Waals surface area contributed by atoms with Gasteiger partial charge in [0.15, 0.2) is 5.82 Å². The van der Waals surface area contributed by atoms with E-state index in [1.807, 2.05) is 0 Å². The molecule has 9 nitrogen and oxygen atoms in total. The van der Waals surface area contributed by atoms with Gasteiger partial charge in [0.1, 0.15) is 0 Å². The molecule has 1 unspecified atom stereocenters. The molecule has 0 fully saturated rings. The minimum Gasteiger partial charge on any atom is -0.342 e. The van der Waals surface area contributed by atoms with E-state index >= 15 is 0 Å². The van der Waals surface area contributed by atoms with E-state index in [0.717, 1.165) is 9.58 Å². The second kappa shape index (κ2) is 9.54. The lowest BCUT2D eigenvalue weighted by molar-refractivity contribution is -0.143. The number of carbonyl (C=O) groups is 2. The van der Waals surface area contributed by atoms with E-state index in [0.29, 0.717) is 12.1 Å². The first-order chi connectivity index (χ1) is 16.6. The number of aromatic nitrogens is 5. The van der Waals surface area contributed by atoms with Crippen molar-refractivity contribution in [3.63, 3.8) is 0 Å². The van der Waals surface area contributed by atoms with E-state index < -0.39 is 46.9 Å². The molecular formula is C21H19F6N7O2. The summed E-state index contributed by atoms with van der Waals surface area (Å²) in [7, 11) is 4.07. The minimum atomic E-state index is -5.12. The van der Waals surface area contributed by atoms with Crippen LogP contribution >= 0.6 is 0 Å². The van der Waals surface area contributed by atoms with Crippen molar-refractivity contribution in [2.24, 2.45) is 0 Å². The average Bonchev–Trinajstić information content (AvgIpc) is 3.26. The lowest BCUT2D eigenvalue weighted by Gasteiger charge is -2.25. The summed E-state index contributed by atoms with van der Waals surface area (Å²) in [5.74, 6) is -2.11. The fourth-order valence-electron chi connectivity index (χ4n) is 3.06. The van der Waals surface area contributed by atoms with E-state index in [1.54, 1.807) is 0 Å². The van der Waals surface area contributed by atoms with Crippen molar-refractivity contribution in [2.45, 2.75) is 25.3 Å². The number of benzene rings is 1. The molecule has 0 aliphatic carbocycles. The minimum absolute atomic E-state index is 0.0241. The molecule has 2 amide bonds. The average molecular weight is 515 g/mol. The van der Waals surface area contributed by atoms with Crippen LogP contribution in [0, 0.1) is 0 Å². The SMILES string of the molecule is CC(c1nc(C(=O)N(C)C)nn1-c1ncccn1)N(C)C(=O)c1cc(C(F)(F)F)cc(C(F)(F)F)c1. The number of rotatable bonds is 5. The van der Waals surface area contributed by atoms with Crippen LogP contribution in [0.3, 0.4) is 0 Å². The van der Waals surface area contributed by atoms with Crippen LogP contribution < -0.4 is 0 Å². The summed E-state index contributed by atoms with van der Waals surface area (Å²) < 4.78 is 80.5. The number of hydrogen-bond acceptors (Lipinski definition) is 6. The van der Waals surface area contributed by atoms with Gasteiger partial charge in [0.05, 0.1) is 17.2 Å². The molecule has 1 atom stereocenters. The number of halogens is 6. The quantitative estimate of drug-likeness (QED) is 0.482. The molecule has 15 heteroatoms. The number of nitrogens with zero attached hydrogens (tertiary/aromatic N) is 7. The van der Waals surface area contributed by atoms with Gasteiger partial charge in [0, 0.05) is 39.1 Å². The second-order valence-corrected chi connectivity index (χ2v) is 7.84. The van der Waals surface area contributed by atoms with Crippen molar-refractivity contribution < 1.29 is 35.9 Å². The lowest BCUT2D eigenvalue weighted by atomic mass is 10.0. The van der Waals surface area contributed by atoms with Crippen LogP contribution in [-0.4, -0.2) is 67.5 Å². The molecule has 0 bridgehead atoms. The largest absolute Gasteiger partial charge is 0.416 e. The predicted octanol–water partition coefficient (Wildman–Crippen LogP) is 3.63. The van der Waals surface area contributed by atoms with E-state index in [2.05, 4.69) is 20.1 Å². The number of hydrogen-bond donors (Lipinski definition) is 0. The molecule has 2 heterocycles. The van der Waals surface area contributed by atoms with Crippen molar-refractivity contribution in [2.75, 3.05) is 21.1 Å². The maximum atomic E-state index is 13.2. The summed E-state index contributed by atoms with van der Waals surface area (Å²) in [5.41, 5.74) is -4.08. The van der Waals surface area contributed by atoms with Crippen LogP contribution in [0.15, 0.2) is 36.7 Å². The highest BCUT2D eigenvalue weighted by Crippen LogP contribution is 2.37. The monoisotopic (exact) mass is 515 g/mol. The van der Waals surface area contributed by atoms with Gasteiger partial charge in [-0.2, -0.15) is 31.0 Å². The molecule has 1 aromatic carbocycles. The number of amides is 2. The molecule has 0 aliphatic rings. The van der Waals surface area contributed by atoms with Gasteiger partial charge < -0.3 is 9.80 Å². The topological polar surface area (TPSA) is 97.1 Å². The number of carbonyl (C=O) groups excluding carboxylic acids is 2. The Morgan fingerprint density at radius 3 is 1.89 bits per heavy atom. The van der Waals surface area contributed by atoms with Gasteiger partial charge in [0.25, 0.3) is 17.8 Å². The normalized spacial score (nSPS) is 12.8. The molecule has 3 aromatic rings. The van der Waals surface area contributed by atoms with Gasteiger partial charge in [-0.1, -0.05) is 0 Å². The molecule has 0 saturated heterocycles. The van der Waals surface area contributed by atoms with Crippen LogP contribution in [0.25, 0.3) is 5.95 Å². The highest BCUT2D eigenvalue weighted by atomic mass is 19.4. The Hall–Kier alpha value is -4.04. The summed E-state index contributed by atoms with van der Waals surface area (Å²) in [6.45, 7) is 1.41. The van der Waals surface area contributed by atoms with E-state index in [-0.39, 0.29) is 23.7 Å². The zero-order chi connectivity index (χ0) is 27.0. The fourth-order valence-corrected chi connectivity index (χ4v) is 3.06. The Kier molecular flexibility index (Phi) is 7.04. The molecule has 2 aromatic heterocycles. The zero-order valence-electron chi connectivity index (χ0n) is 19.3. The van der Waals surface area contributed by atoms with Crippen LogP contribution in [0.4, 0.5) is 26.3 Å². The fraction of sp³-hybridized carbons (Fsp3) is 0.333. The Morgan fingerprint density at radius 1 is 0.889 bits per heavy atom. The smallest absolute Gasteiger partial charge is 0.342 e. The maximum Gasteiger partial charge on any atom is 0.416 e. The molecule has 0 N–H and O–H groups in total. The van der Waals surface area contributed by atoms with E-state index in [1.165, 1.54) is 51.4 Å². The Morgan fingerprint density at radius 2 is 1.42 bits per heavy atom. The third-order valence-electron chi connectivity index (χ3n) is 5.08. The molecule has 36 heavy (non-hydrogen) atoms. The highest BCUT2D eigenvalue weighted by molar-refractivity contribution is 5.95. The standard InChI is InChI=1S/C21H19F6N7O2/c1-11(16-30-15(18(36)32(2)3)31-34(16)19-28-6-5-7-29-19)33(4)17(35)12-8-13(20(22,23)24)10-14(9-12)21(25,26)27/h5-11H,1-4H3. The van der Waals surface area contributed by atoms with Crippen molar-refractivity contribution in [3.8, 4) is 5.95 Å². The second-order valence-electron chi connectivity index (χ2n) is 7.84. The van der Waals surface area contributed by atoms with Crippen LogP contribution in [0.5, 0.6) is 0 Å². The first-order valence-corrected chi connectivity index (χ1v) is 10.1. The predicted molar refractivity (Wildman–Crippen MR) is 112 cm³/mol. The van der Waals surface area contributed by atoms with E-state index in [9.17, 15) is 35.9 Å². The van der Waals surface area contributed by atoms with Crippen LogP contribution in [0.2, 0.25) is 0 Å². The van der Waals surface area contributed by atoms with Crippen molar-refractivity contribution in [3.05, 3.63) is 65.0 Å². The summed E-state index contributed by atoms with van der Waals surface area (Å²) in [5, 5.41) is 4.08. The molecule has 0 saturated carbocycles. The molecule has 192 valence electrons.